The smallest absolute Gasteiger partial charge is 0.162 e. The lowest BCUT2D eigenvalue weighted by molar-refractivity contribution is -0.119. The summed E-state index contributed by atoms with van der Waals surface area (Å²) < 4.78 is 6.62. The summed E-state index contributed by atoms with van der Waals surface area (Å²) in [6.45, 7) is 4.40. The van der Waals surface area contributed by atoms with Crippen LogP contribution in [-0.4, -0.2) is 12.9 Å². The average molecular weight is 462 g/mol. The summed E-state index contributed by atoms with van der Waals surface area (Å²) in [4.78, 5) is 13.5. The number of hydrogen-bond acceptors (Lipinski definition) is 3. The molecule has 1 heterocycles. The largest absolute Gasteiger partial charge is 0.496 e. The molecule has 2 aliphatic rings. The van der Waals surface area contributed by atoms with Gasteiger partial charge in [0.2, 0.25) is 0 Å². The molecule has 0 bridgehead atoms. The molecule has 3 nitrogen and oxygen atoms in total. The Hall–Kier alpha value is -2.59. The molecule has 1 N–H and O–H groups in total. The number of carbonyl (C=O) groups excluding carboxylic acids is 1. The molecule has 5 rings (SSSR count). The molecule has 1 fully saturated rings. The van der Waals surface area contributed by atoms with Crippen molar-refractivity contribution in [1.29, 1.82) is 0 Å². The summed E-state index contributed by atoms with van der Waals surface area (Å²) >= 11 is 3.59. The molecule has 0 saturated heterocycles. The summed E-state index contributed by atoms with van der Waals surface area (Å²) in [5, 5.41) is 6.05. The number of halogens is 1. The van der Waals surface area contributed by atoms with Crippen LogP contribution >= 0.6 is 15.9 Å². The Bertz CT molecular complexity index is 1220. The number of hydrogen-bond donors (Lipinski definition) is 1. The maximum atomic E-state index is 13.5. The van der Waals surface area contributed by atoms with Crippen LogP contribution in [0.2, 0.25) is 0 Å². The van der Waals surface area contributed by atoms with E-state index >= 15 is 0 Å². The number of methoxy groups -OCH3 is 1. The zero-order valence-electron chi connectivity index (χ0n) is 17.4. The zero-order valence-corrected chi connectivity index (χ0v) is 19.0. The molecule has 1 aliphatic heterocycles. The number of ketones is 1. The number of ether oxygens (including phenoxy) is 1. The highest BCUT2D eigenvalue weighted by Crippen LogP contribution is 2.53. The summed E-state index contributed by atoms with van der Waals surface area (Å²) in [6, 6.07) is 18.7. The van der Waals surface area contributed by atoms with E-state index in [4.69, 9.17) is 4.74 Å². The summed E-state index contributed by atoms with van der Waals surface area (Å²) in [5.41, 5.74) is 4.95. The quantitative estimate of drug-likeness (QED) is 0.449. The molecule has 4 heteroatoms. The molecule has 0 aromatic heterocycles. The van der Waals surface area contributed by atoms with Gasteiger partial charge in [0.25, 0.3) is 0 Å². The fraction of sp³-hybridized carbons (Fsp3) is 0.269. The number of benzene rings is 3. The Kier molecular flexibility index (Phi) is 4.51. The molecule has 152 valence electrons. The Morgan fingerprint density at radius 1 is 1.10 bits per heavy atom. The van der Waals surface area contributed by atoms with Crippen molar-refractivity contribution in [2.45, 2.75) is 32.6 Å². The lowest BCUT2D eigenvalue weighted by atomic mass is 9.64. The molecule has 1 aliphatic carbocycles. The van der Waals surface area contributed by atoms with Gasteiger partial charge in [-0.05, 0) is 52.4 Å². The van der Waals surface area contributed by atoms with Gasteiger partial charge >= 0.3 is 0 Å². The van der Waals surface area contributed by atoms with Crippen molar-refractivity contribution in [1.82, 2.24) is 0 Å². The molecule has 1 atom stereocenters. The first kappa shape index (κ1) is 19.4. The molecular weight excluding hydrogens is 438 g/mol. The van der Waals surface area contributed by atoms with Crippen molar-refractivity contribution in [3.8, 4) is 5.75 Å². The highest BCUT2D eigenvalue weighted by atomic mass is 79.9. The van der Waals surface area contributed by atoms with Gasteiger partial charge in [0.15, 0.2) is 5.78 Å². The van der Waals surface area contributed by atoms with E-state index in [1.165, 1.54) is 16.3 Å². The second-order valence-corrected chi connectivity index (χ2v) is 9.94. The first-order chi connectivity index (χ1) is 14.4. The molecular formula is C26H24BrNO2. The lowest BCUT2D eigenvalue weighted by Gasteiger charge is -2.41. The number of rotatable bonds is 2. The molecule has 3 aromatic rings. The predicted octanol–water partition coefficient (Wildman–Crippen LogP) is 6.92. The van der Waals surface area contributed by atoms with Gasteiger partial charge < -0.3 is 10.1 Å². The van der Waals surface area contributed by atoms with Gasteiger partial charge in [-0.3, -0.25) is 4.79 Å². The Labute approximate surface area is 185 Å². The lowest BCUT2D eigenvalue weighted by Crippen LogP contribution is -2.34. The van der Waals surface area contributed by atoms with Gasteiger partial charge in [0.1, 0.15) is 5.75 Å². The van der Waals surface area contributed by atoms with E-state index in [-0.39, 0.29) is 17.1 Å². The standard InChI is InChI=1S/C26H24BrNO2/c1-26(2)13-19-23-17-7-5-4-6-15(17)8-10-20(23)28-25(24(19)21(29)14-26)18-12-16(27)9-11-22(18)30-3/h4-12,19,28H,13-14H2,1-3H3/t19-/m0/s1. The third-order valence-corrected chi connectivity index (χ3v) is 6.82. The van der Waals surface area contributed by atoms with Crippen LogP contribution in [0.5, 0.6) is 5.75 Å². The fourth-order valence-electron chi connectivity index (χ4n) is 5.08. The number of carbonyl (C=O) groups is 1. The molecule has 3 aromatic carbocycles. The van der Waals surface area contributed by atoms with Crippen molar-refractivity contribution >= 4 is 43.9 Å². The third-order valence-electron chi connectivity index (χ3n) is 6.32. The maximum Gasteiger partial charge on any atom is 0.162 e. The highest BCUT2D eigenvalue weighted by Gasteiger charge is 2.43. The van der Waals surface area contributed by atoms with E-state index in [1.54, 1.807) is 7.11 Å². The van der Waals surface area contributed by atoms with Crippen LogP contribution in [0.15, 0.2) is 64.6 Å². The van der Waals surface area contributed by atoms with Crippen LogP contribution < -0.4 is 10.1 Å². The van der Waals surface area contributed by atoms with Crippen molar-refractivity contribution in [3.05, 3.63) is 75.8 Å². The van der Waals surface area contributed by atoms with Gasteiger partial charge in [-0.15, -0.1) is 0 Å². The van der Waals surface area contributed by atoms with Crippen LogP contribution in [0.25, 0.3) is 16.5 Å². The number of anilines is 1. The van der Waals surface area contributed by atoms with E-state index in [2.05, 4.69) is 71.5 Å². The van der Waals surface area contributed by atoms with E-state index < -0.39 is 0 Å². The number of Topliss-reactive ketones (excluding diaryl/α,β-unsaturated/α-hetero) is 1. The van der Waals surface area contributed by atoms with Crippen LogP contribution in [0.1, 0.15) is 43.7 Å². The van der Waals surface area contributed by atoms with Crippen molar-refractivity contribution in [2.24, 2.45) is 5.41 Å². The van der Waals surface area contributed by atoms with Gasteiger partial charge in [-0.2, -0.15) is 0 Å². The minimum atomic E-state index is -0.0384. The average Bonchev–Trinajstić information content (AvgIpc) is 2.71. The molecule has 0 amide bonds. The number of nitrogens with one attached hydrogen (secondary N) is 1. The van der Waals surface area contributed by atoms with Crippen LogP contribution in [0.4, 0.5) is 5.69 Å². The Morgan fingerprint density at radius 3 is 2.70 bits per heavy atom. The summed E-state index contributed by atoms with van der Waals surface area (Å²) in [5.74, 6) is 1.04. The molecule has 0 unspecified atom stereocenters. The Morgan fingerprint density at radius 2 is 1.90 bits per heavy atom. The van der Waals surface area contributed by atoms with Gasteiger partial charge in [0, 0.05) is 33.6 Å². The fourth-order valence-corrected chi connectivity index (χ4v) is 5.44. The minimum absolute atomic E-state index is 0.0384. The zero-order chi connectivity index (χ0) is 21.0. The van der Waals surface area contributed by atoms with Crippen molar-refractivity contribution in [2.75, 3.05) is 12.4 Å². The van der Waals surface area contributed by atoms with E-state index in [0.29, 0.717) is 6.42 Å². The number of allylic oxidation sites excluding steroid dienone is 1. The highest BCUT2D eigenvalue weighted by molar-refractivity contribution is 9.10. The maximum absolute atomic E-state index is 13.5. The monoisotopic (exact) mass is 461 g/mol. The SMILES string of the molecule is COc1ccc(Br)cc1C1=C2C(=O)CC(C)(C)C[C@H]2c2c(ccc3ccccc23)N1. The van der Waals surface area contributed by atoms with E-state index in [0.717, 1.165) is 39.2 Å². The first-order valence-corrected chi connectivity index (χ1v) is 11.1. The molecule has 0 spiro atoms. The van der Waals surface area contributed by atoms with Gasteiger partial charge in [-0.1, -0.05) is 60.1 Å². The topological polar surface area (TPSA) is 38.3 Å². The summed E-state index contributed by atoms with van der Waals surface area (Å²) in [6.07, 6.45) is 1.50. The molecule has 1 saturated carbocycles. The summed E-state index contributed by atoms with van der Waals surface area (Å²) in [7, 11) is 1.67. The van der Waals surface area contributed by atoms with Gasteiger partial charge in [-0.25, -0.2) is 0 Å². The van der Waals surface area contributed by atoms with E-state index in [9.17, 15) is 4.79 Å². The molecule has 30 heavy (non-hydrogen) atoms. The third kappa shape index (κ3) is 3.05. The second-order valence-electron chi connectivity index (χ2n) is 9.03. The predicted molar refractivity (Wildman–Crippen MR) is 126 cm³/mol. The van der Waals surface area contributed by atoms with Crippen molar-refractivity contribution in [3.63, 3.8) is 0 Å². The minimum Gasteiger partial charge on any atom is -0.496 e. The molecule has 0 radical (unpaired) electrons. The second kappa shape index (κ2) is 6.98. The van der Waals surface area contributed by atoms with E-state index in [1.807, 2.05) is 18.2 Å². The Balaban J connectivity index is 1.81. The van der Waals surface area contributed by atoms with Gasteiger partial charge in [0.05, 0.1) is 12.8 Å². The van der Waals surface area contributed by atoms with Crippen LogP contribution in [-0.2, 0) is 4.79 Å². The first-order valence-electron chi connectivity index (χ1n) is 10.3. The normalized spacial score (nSPS) is 19.9. The van der Waals surface area contributed by atoms with Crippen LogP contribution in [0.3, 0.4) is 0 Å². The van der Waals surface area contributed by atoms with Crippen LogP contribution in [0, 0.1) is 5.41 Å². The van der Waals surface area contributed by atoms with Crippen molar-refractivity contribution < 1.29 is 9.53 Å². The number of fused-ring (bicyclic) bond motifs is 5.